The summed E-state index contributed by atoms with van der Waals surface area (Å²) >= 11 is 0. The highest BCUT2D eigenvalue weighted by molar-refractivity contribution is 5.95. The lowest BCUT2D eigenvalue weighted by molar-refractivity contribution is -0.144. The number of carbonyl (C=O) groups excluding carboxylic acids is 6. The molecule has 0 aromatic heterocycles. The number of hydrogen-bond donors (Lipinski definition) is 6. The molecule has 2 heterocycles. The van der Waals surface area contributed by atoms with Crippen molar-refractivity contribution in [2.45, 2.75) is 167 Å². The highest BCUT2D eigenvalue weighted by Crippen LogP contribution is 2.34. The summed E-state index contributed by atoms with van der Waals surface area (Å²) < 4.78 is 12.1. The van der Waals surface area contributed by atoms with E-state index in [0.29, 0.717) is 0 Å². The molecule has 6 rings (SSSR count). The molecule has 0 radical (unpaired) electrons. The summed E-state index contributed by atoms with van der Waals surface area (Å²) in [6.07, 6.45) is 7.19. The molecule has 0 saturated carbocycles. The molecular weight excluding hydrogens is 901 g/mol. The van der Waals surface area contributed by atoms with Crippen molar-refractivity contribution in [1.82, 2.24) is 41.7 Å². The zero-order valence-corrected chi connectivity index (χ0v) is 43.3. The van der Waals surface area contributed by atoms with E-state index in [9.17, 15) is 28.8 Å². The summed E-state index contributed by atoms with van der Waals surface area (Å²) in [6.45, 7) is 14.8. The Morgan fingerprint density at radius 3 is 1.54 bits per heavy atom. The molecule has 2 aromatic rings. The third-order valence-corrected chi connectivity index (χ3v) is 14.3. The molecule has 6 amide bonds. The minimum Gasteiger partial charge on any atom is -0.441 e. The molecule has 16 nitrogen and oxygen atoms in total. The monoisotopic (exact) mass is 977 g/mol. The number of ether oxygens (including phenoxy) is 2. The molecule has 10 atom stereocenters. The lowest BCUT2D eigenvalue weighted by Crippen LogP contribution is -2.59. The molecule has 0 bridgehead atoms. The summed E-state index contributed by atoms with van der Waals surface area (Å²) in [7, 11) is 3.35. The SMILES string of the molecule is CN[C@@H](C)C(=O)N[C@H](C(=O)N1C[C@@H](OC#CC#CCO[C@H]2C[C@@H](C(=O)N[C@@H]3CCCc4ccccc43)N(C(=O)[C@@H](NC(=O)[C@H](C)NC)C(C)(C)C)C2)C[C@H]1C(=O)N[C@@H]1CCCc2ccccc21)C(C)(C)C. The second kappa shape index (κ2) is 24.0. The zero-order chi connectivity index (χ0) is 51.6. The van der Waals surface area contributed by atoms with Crippen LogP contribution in [0.2, 0.25) is 0 Å². The van der Waals surface area contributed by atoms with Crippen LogP contribution in [0.5, 0.6) is 0 Å². The Morgan fingerprint density at radius 2 is 1.08 bits per heavy atom. The normalized spacial score (nSPS) is 23.4. The van der Waals surface area contributed by atoms with Crippen molar-refractivity contribution >= 4 is 35.4 Å². The predicted octanol–water partition coefficient (Wildman–Crippen LogP) is 3.59. The van der Waals surface area contributed by atoms with Gasteiger partial charge in [0.2, 0.25) is 35.4 Å². The minimum atomic E-state index is -0.927. The Hall–Kier alpha value is -5.94. The molecule has 16 heteroatoms. The van der Waals surface area contributed by atoms with Crippen LogP contribution in [0.25, 0.3) is 0 Å². The Kier molecular flexibility index (Phi) is 18.4. The topological polar surface area (TPSA) is 200 Å². The minimum absolute atomic E-state index is 0.0465. The van der Waals surface area contributed by atoms with Gasteiger partial charge in [-0.3, -0.25) is 28.8 Å². The van der Waals surface area contributed by atoms with Crippen LogP contribution in [-0.2, 0) is 51.1 Å². The number of aryl methyl sites for hydroxylation is 2. The molecule has 71 heavy (non-hydrogen) atoms. The summed E-state index contributed by atoms with van der Waals surface area (Å²) in [5, 5.41) is 18.2. The number of benzene rings is 2. The summed E-state index contributed by atoms with van der Waals surface area (Å²) in [4.78, 5) is 86.6. The lowest BCUT2D eigenvalue weighted by Gasteiger charge is -2.36. The molecule has 2 aliphatic heterocycles. The maximum Gasteiger partial charge on any atom is 0.246 e. The molecule has 0 spiro atoms. The van der Waals surface area contributed by atoms with Gasteiger partial charge in [0.25, 0.3) is 0 Å². The first-order chi connectivity index (χ1) is 33.7. The Bertz CT molecular complexity index is 2390. The van der Waals surface area contributed by atoms with Crippen LogP contribution in [0, 0.1) is 34.7 Å². The first-order valence-corrected chi connectivity index (χ1v) is 25.3. The van der Waals surface area contributed by atoms with Crippen LogP contribution in [0.4, 0.5) is 0 Å². The number of rotatable bonds is 15. The van der Waals surface area contributed by atoms with Crippen molar-refractivity contribution in [3.8, 4) is 23.9 Å². The number of carbonyl (C=O) groups is 6. The fourth-order valence-corrected chi connectivity index (χ4v) is 9.93. The molecule has 4 aliphatic rings. The van der Waals surface area contributed by atoms with Gasteiger partial charge in [-0.2, -0.15) is 0 Å². The van der Waals surface area contributed by atoms with Crippen molar-refractivity contribution in [2.24, 2.45) is 10.8 Å². The van der Waals surface area contributed by atoms with Crippen LogP contribution in [0.1, 0.15) is 128 Å². The molecule has 2 aromatic carbocycles. The van der Waals surface area contributed by atoms with E-state index >= 15 is 0 Å². The third kappa shape index (κ3) is 13.7. The average Bonchev–Trinajstić information content (AvgIpc) is 3.98. The van der Waals surface area contributed by atoms with Crippen LogP contribution in [0.3, 0.4) is 0 Å². The van der Waals surface area contributed by atoms with Gasteiger partial charge in [0.05, 0.1) is 36.8 Å². The average molecular weight is 977 g/mol. The van der Waals surface area contributed by atoms with Gasteiger partial charge < -0.3 is 51.2 Å². The van der Waals surface area contributed by atoms with E-state index in [1.807, 2.05) is 77.9 Å². The zero-order valence-electron chi connectivity index (χ0n) is 43.3. The number of nitrogens with one attached hydrogen (secondary N) is 6. The summed E-state index contributed by atoms with van der Waals surface area (Å²) in [5.74, 6) is 6.37. The van der Waals surface area contributed by atoms with Crippen molar-refractivity contribution in [3.05, 3.63) is 70.8 Å². The van der Waals surface area contributed by atoms with E-state index in [1.54, 1.807) is 27.9 Å². The van der Waals surface area contributed by atoms with Gasteiger partial charge >= 0.3 is 0 Å². The summed E-state index contributed by atoms with van der Waals surface area (Å²) in [6, 6.07) is 11.1. The van der Waals surface area contributed by atoms with E-state index in [2.05, 4.69) is 67.9 Å². The van der Waals surface area contributed by atoms with Gasteiger partial charge in [-0.05, 0) is 105 Å². The van der Waals surface area contributed by atoms with Gasteiger partial charge in [0.1, 0.15) is 43.0 Å². The van der Waals surface area contributed by atoms with Crippen LogP contribution in [0.15, 0.2) is 48.5 Å². The summed E-state index contributed by atoms with van der Waals surface area (Å²) in [5.41, 5.74) is 3.19. The molecule has 2 fully saturated rings. The Balaban J connectivity index is 1.14. The maximum atomic E-state index is 14.5. The predicted molar refractivity (Wildman–Crippen MR) is 271 cm³/mol. The third-order valence-electron chi connectivity index (χ3n) is 14.3. The molecule has 384 valence electrons. The van der Waals surface area contributed by atoms with Gasteiger partial charge in [0.15, 0.2) is 0 Å². The standard InChI is InChI=1S/C55H76N8O8/c1-34(56-9)48(64)60-46(54(3,4)5)52(68)62-32-38(30-44(62)50(66)58-42-26-18-22-36-20-12-14-24-40(36)42)70-28-16-11-17-29-71-39-31-45(51(67)59-43-27-19-23-37-21-13-15-25-41(37)43)63(33-39)53(69)47(55(6,7)8)61-49(65)35(2)57-10/h12-15,20-21,24-25,34-35,38-39,42-47,56-57H,18-19,22-23,26-28,30-33H2,1-10H3,(H,58,66)(H,59,67)(H,60,64)(H,61,65)/t34-,35-,38-,39-,42+,43+,44-,45-,46+,47+/m0/s1. The van der Waals surface area contributed by atoms with Crippen LogP contribution in [-0.4, -0.2) is 127 Å². The second-order valence-electron chi connectivity index (χ2n) is 21.6. The number of nitrogens with zero attached hydrogens (tertiary/aromatic N) is 2. The van der Waals surface area contributed by atoms with Crippen LogP contribution < -0.4 is 31.9 Å². The van der Waals surface area contributed by atoms with E-state index < -0.39 is 59.3 Å². The molecule has 0 unspecified atom stereocenters. The molecule has 2 saturated heterocycles. The highest BCUT2D eigenvalue weighted by atomic mass is 16.5. The van der Waals surface area contributed by atoms with Crippen molar-refractivity contribution in [3.63, 3.8) is 0 Å². The molecule has 2 aliphatic carbocycles. The lowest BCUT2D eigenvalue weighted by atomic mass is 9.85. The van der Waals surface area contributed by atoms with Crippen molar-refractivity contribution < 1.29 is 38.2 Å². The Morgan fingerprint density at radius 1 is 0.648 bits per heavy atom. The first kappa shape index (κ1) is 54.4. The molecule has 6 N–H and O–H groups in total. The molecular formula is C55H76N8O8. The number of fused-ring (bicyclic) bond motifs is 2. The fraction of sp³-hybridized carbons (Fsp3) is 0.600. The van der Waals surface area contributed by atoms with Crippen molar-refractivity contribution in [1.29, 1.82) is 0 Å². The first-order valence-electron chi connectivity index (χ1n) is 25.3. The fourth-order valence-electron chi connectivity index (χ4n) is 9.93. The number of hydrogen-bond acceptors (Lipinski definition) is 10. The smallest absolute Gasteiger partial charge is 0.246 e. The second-order valence-corrected chi connectivity index (χ2v) is 21.6. The van der Waals surface area contributed by atoms with Crippen molar-refractivity contribution in [2.75, 3.05) is 33.8 Å². The van der Waals surface area contributed by atoms with Gasteiger partial charge in [-0.25, -0.2) is 0 Å². The number of likely N-dealkylation sites (N-methyl/N-ethyl adjacent to an activating group) is 2. The van der Waals surface area contributed by atoms with Crippen LogP contribution >= 0.6 is 0 Å². The van der Waals surface area contributed by atoms with Gasteiger partial charge in [-0.15, -0.1) is 0 Å². The Labute approximate surface area is 420 Å². The van der Waals surface area contributed by atoms with E-state index in [0.717, 1.165) is 49.7 Å². The quantitative estimate of drug-likeness (QED) is 0.144. The van der Waals surface area contributed by atoms with Gasteiger partial charge in [-0.1, -0.05) is 96.0 Å². The maximum absolute atomic E-state index is 14.5. The number of amides is 6. The highest BCUT2D eigenvalue weighted by Gasteiger charge is 2.48. The van der Waals surface area contributed by atoms with E-state index in [1.165, 1.54) is 20.9 Å². The van der Waals surface area contributed by atoms with E-state index in [-0.39, 0.29) is 80.1 Å². The largest absolute Gasteiger partial charge is 0.441 e. The number of likely N-dealkylation sites (tertiary alicyclic amines) is 2. The van der Waals surface area contributed by atoms with Gasteiger partial charge in [0, 0.05) is 25.3 Å². The van der Waals surface area contributed by atoms with E-state index in [4.69, 9.17) is 9.47 Å².